The summed E-state index contributed by atoms with van der Waals surface area (Å²) in [5, 5.41) is 1.60. The van der Waals surface area contributed by atoms with Crippen molar-refractivity contribution in [2.75, 3.05) is 0 Å². The number of carbonyl (C=O) groups excluding carboxylic acids is 1. The van der Waals surface area contributed by atoms with Crippen molar-refractivity contribution in [2.45, 2.75) is 18.4 Å². The van der Waals surface area contributed by atoms with Gasteiger partial charge in [0.05, 0.1) is 11.1 Å². The standard InChI is InChI=1S/C16H13N3O/c17-13-7-12(13)11-3-4-14(18-8-11)9-1-2-10-6-16(20)19-15(10)5-9/h1-6,8,12-13H,7,17H2. The summed E-state index contributed by atoms with van der Waals surface area (Å²) < 4.78 is 0. The number of fused-ring (bicyclic) bond motifs is 1. The summed E-state index contributed by atoms with van der Waals surface area (Å²) in [7, 11) is 0. The molecule has 20 heavy (non-hydrogen) atoms. The van der Waals surface area contributed by atoms with Gasteiger partial charge in [-0.3, -0.25) is 9.78 Å². The summed E-state index contributed by atoms with van der Waals surface area (Å²) in [6.07, 6.45) is 4.50. The third kappa shape index (κ3) is 1.85. The number of nitrogens with zero attached hydrogens (tertiary/aromatic N) is 2. The van der Waals surface area contributed by atoms with Crippen LogP contribution in [-0.2, 0) is 4.79 Å². The molecule has 1 aliphatic carbocycles. The molecule has 1 aliphatic heterocycles. The number of rotatable bonds is 2. The van der Waals surface area contributed by atoms with E-state index in [4.69, 9.17) is 5.73 Å². The van der Waals surface area contributed by atoms with Gasteiger partial charge in [0.1, 0.15) is 0 Å². The molecule has 1 amide bonds. The zero-order valence-electron chi connectivity index (χ0n) is 10.8. The van der Waals surface area contributed by atoms with Crippen molar-refractivity contribution in [3.05, 3.63) is 52.7 Å². The van der Waals surface area contributed by atoms with Gasteiger partial charge in [0.25, 0.3) is 5.91 Å². The van der Waals surface area contributed by atoms with E-state index in [0.717, 1.165) is 28.3 Å². The van der Waals surface area contributed by atoms with E-state index in [9.17, 15) is 4.79 Å². The van der Waals surface area contributed by atoms with Gasteiger partial charge in [0.2, 0.25) is 0 Å². The van der Waals surface area contributed by atoms with E-state index in [2.05, 4.69) is 16.0 Å². The van der Waals surface area contributed by atoms with E-state index in [1.165, 1.54) is 5.56 Å². The summed E-state index contributed by atoms with van der Waals surface area (Å²) >= 11 is 0. The maximum absolute atomic E-state index is 11.3. The van der Waals surface area contributed by atoms with Crippen molar-refractivity contribution in [1.29, 1.82) is 0 Å². The van der Waals surface area contributed by atoms with E-state index in [1.807, 2.05) is 30.5 Å². The zero-order valence-corrected chi connectivity index (χ0v) is 10.8. The van der Waals surface area contributed by atoms with Crippen molar-refractivity contribution in [3.8, 4) is 11.3 Å². The molecule has 0 bridgehead atoms. The van der Waals surface area contributed by atoms with Gasteiger partial charge in [0, 0.05) is 35.0 Å². The van der Waals surface area contributed by atoms with Crippen LogP contribution >= 0.6 is 0 Å². The van der Waals surface area contributed by atoms with Crippen LogP contribution in [0.15, 0.2) is 41.5 Å². The molecule has 1 saturated carbocycles. The Bertz CT molecular complexity index is 824. The highest BCUT2D eigenvalue weighted by Crippen LogP contribution is 2.38. The summed E-state index contributed by atoms with van der Waals surface area (Å²) in [4.78, 5) is 19.7. The van der Waals surface area contributed by atoms with Gasteiger partial charge in [-0.2, -0.15) is 0 Å². The van der Waals surface area contributed by atoms with Crippen LogP contribution in [0, 0.1) is 0 Å². The maximum Gasteiger partial charge on any atom is 0.270 e. The Morgan fingerprint density at radius 2 is 2.05 bits per heavy atom. The third-order valence-corrected chi connectivity index (χ3v) is 3.89. The molecule has 0 spiro atoms. The molecule has 98 valence electrons. The topological polar surface area (TPSA) is 68.3 Å². The van der Waals surface area contributed by atoms with Gasteiger partial charge < -0.3 is 5.73 Å². The minimum Gasteiger partial charge on any atom is -0.327 e. The molecule has 4 nitrogen and oxygen atoms in total. The van der Waals surface area contributed by atoms with Crippen molar-refractivity contribution in [2.24, 2.45) is 10.7 Å². The molecule has 1 aromatic heterocycles. The first kappa shape index (κ1) is 11.5. The fourth-order valence-electron chi connectivity index (χ4n) is 2.60. The zero-order chi connectivity index (χ0) is 13.7. The Kier molecular flexibility index (Phi) is 2.35. The minimum atomic E-state index is -0.192. The van der Waals surface area contributed by atoms with Gasteiger partial charge in [-0.1, -0.05) is 18.2 Å². The van der Waals surface area contributed by atoms with E-state index in [1.54, 1.807) is 6.08 Å². The van der Waals surface area contributed by atoms with E-state index >= 15 is 0 Å². The summed E-state index contributed by atoms with van der Waals surface area (Å²) in [5.74, 6) is 0.280. The van der Waals surface area contributed by atoms with Gasteiger partial charge in [-0.25, -0.2) is 4.99 Å². The molecule has 1 fully saturated rings. The Morgan fingerprint density at radius 1 is 1.20 bits per heavy atom. The number of amides is 1. The predicted octanol–water partition coefficient (Wildman–Crippen LogP) is 0.503. The molecule has 2 atom stereocenters. The molecule has 2 heterocycles. The average molecular weight is 263 g/mol. The van der Waals surface area contributed by atoms with Gasteiger partial charge in [-0.05, 0) is 24.1 Å². The highest BCUT2D eigenvalue weighted by atomic mass is 16.1. The lowest BCUT2D eigenvalue weighted by Crippen LogP contribution is -2.20. The molecule has 2 N–H and O–H groups in total. The van der Waals surface area contributed by atoms with Crippen LogP contribution in [-0.4, -0.2) is 16.9 Å². The van der Waals surface area contributed by atoms with Crippen molar-refractivity contribution in [3.63, 3.8) is 0 Å². The normalized spacial score (nSPS) is 22.9. The average Bonchev–Trinajstić information content (AvgIpc) is 3.06. The Labute approximate surface area is 115 Å². The van der Waals surface area contributed by atoms with Crippen molar-refractivity contribution in [1.82, 2.24) is 4.98 Å². The smallest absolute Gasteiger partial charge is 0.270 e. The molecule has 2 unspecified atom stereocenters. The summed E-state index contributed by atoms with van der Waals surface area (Å²) in [6.45, 7) is 0. The number of hydrogen-bond donors (Lipinski definition) is 1. The van der Waals surface area contributed by atoms with Crippen molar-refractivity contribution < 1.29 is 4.79 Å². The first-order chi connectivity index (χ1) is 9.70. The SMILES string of the molecule is NC1CC1c1ccc(-c2ccc3c(c2)=NC(=O)C=3)nc1. The monoisotopic (exact) mass is 263 g/mol. The fraction of sp³-hybridized carbons (Fsp3) is 0.188. The van der Waals surface area contributed by atoms with Crippen molar-refractivity contribution >= 4 is 12.0 Å². The van der Waals surface area contributed by atoms with Gasteiger partial charge in [-0.15, -0.1) is 0 Å². The van der Waals surface area contributed by atoms with E-state index in [0.29, 0.717) is 12.0 Å². The molecule has 1 aromatic carbocycles. The summed E-state index contributed by atoms with van der Waals surface area (Å²) in [5.41, 5.74) is 8.91. The molecule has 0 saturated heterocycles. The second kappa shape index (κ2) is 4.08. The quantitative estimate of drug-likeness (QED) is 0.858. The predicted molar refractivity (Wildman–Crippen MR) is 75.3 cm³/mol. The Balaban J connectivity index is 1.72. The highest BCUT2D eigenvalue weighted by Gasteiger charge is 2.34. The number of hydrogen-bond acceptors (Lipinski definition) is 3. The van der Waals surface area contributed by atoms with E-state index < -0.39 is 0 Å². The fourth-order valence-corrected chi connectivity index (χ4v) is 2.60. The Hall–Kier alpha value is -2.33. The van der Waals surface area contributed by atoms with Crippen LogP contribution in [0.25, 0.3) is 17.3 Å². The van der Waals surface area contributed by atoms with Gasteiger partial charge >= 0.3 is 0 Å². The number of pyridine rings is 1. The number of carbonyl (C=O) groups is 1. The molecule has 2 aliphatic rings. The number of nitrogens with two attached hydrogens (primary N) is 1. The second-order valence-corrected chi connectivity index (χ2v) is 5.35. The Morgan fingerprint density at radius 3 is 2.75 bits per heavy atom. The lowest BCUT2D eigenvalue weighted by atomic mass is 10.1. The van der Waals surface area contributed by atoms with Crippen LogP contribution in [0.4, 0.5) is 0 Å². The second-order valence-electron chi connectivity index (χ2n) is 5.35. The first-order valence-electron chi connectivity index (χ1n) is 6.67. The number of benzene rings is 1. The maximum atomic E-state index is 11.3. The van der Waals surface area contributed by atoms with Gasteiger partial charge in [0.15, 0.2) is 0 Å². The summed E-state index contributed by atoms with van der Waals surface area (Å²) in [6, 6.07) is 10.2. The molecular weight excluding hydrogens is 250 g/mol. The molecule has 2 aromatic rings. The molecular formula is C16H13N3O. The highest BCUT2D eigenvalue weighted by molar-refractivity contribution is 6.06. The third-order valence-electron chi connectivity index (χ3n) is 3.89. The van der Waals surface area contributed by atoms with Crippen LogP contribution in [0.5, 0.6) is 0 Å². The van der Waals surface area contributed by atoms with E-state index in [-0.39, 0.29) is 5.91 Å². The van der Waals surface area contributed by atoms with Crippen LogP contribution < -0.4 is 16.3 Å². The van der Waals surface area contributed by atoms with Crippen LogP contribution in [0.3, 0.4) is 0 Å². The largest absolute Gasteiger partial charge is 0.327 e. The minimum absolute atomic E-state index is 0.192. The molecule has 0 radical (unpaired) electrons. The first-order valence-corrected chi connectivity index (χ1v) is 6.67. The lowest BCUT2D eigenvalue weighted by Gasteiger charge is -2.02. The van der Waals surface area contributed by atoms with Crippen LogP contribution in [0.2, 0.25) is 0 Å². The number of aromatic nitrogens is 1. The molecule has 4 rings (SSSR count). The molecule has 4 heteroatoms. The lowest BCUT2D eigenvalue weighted by molar-refractivity contribution is -0.112. The van der Waals surface area contributed by atoms with Crippen LogP contribution in [0.1, 0.15) is 17.9 Å².